The number of rotatable bonds is 6. The maximum atomic E-state index is 5.32. The van der Waals surface area contributed by atoms with Gasteiger partial charge in [0.25, 0.3) is 0 Å². The molecule has 0 radical (unpaired) electrons. The van der Waals surface area contributed by atoms with Crippen molar-refractivity contribution in [3.8, 4) is 17.0 Å². The highest BCUT2D eigenvalue weighted by Crippen LogP contribution is 2.28. The quantitative estimate of drug-likeness (QED) is 0.548. The van der Waals surface area contributed by atoms with Crippen LogP contribution in [-0.2, 0) is 6.42 Å². The topological polar surface area (TPSA) is 62.8 Å². The van der Waals surface area contributed by atoms with Crippen LogP contribution in [0.25, 0.3) is 22.3 Å². The molecular weight excluding hydrogens is 324 g/mol. The van der Waals surface area contributed by atoms with Crippen molar-refractivity contribution in [3.05, 3.63) is 72.6 Å². The largest absolute Gasteiger partial charge is 0.497 e. The molecule has 0 aliphatic rings. The Morgan fingerprint density at radius 1 is 1.00 bits per heavy atom. The molecule has 0 saturated heterocycles. The lowest BCUT2D eigenvalue weighted by Gasteiger charge is -2.06. The summed E-state index contributed by atoms with van der Waals surface area (Å²) in [7, 11) is 1.67. The monoisotopic (exact) mass is 344 g/mol. The maximum Gasteiger partial charge on any atom is 0.143 e. The Kier molecular flexibility index (Phi) is 4.51. The molecule has 2 N–H and O–H groups in total. The summed E-state index contributed by atoms with van der Waals surface area (Å²) < 4.78 is 5.32. The first-order valence-corrected chi connectivity index (χ1v) is 8.59. The fourth-order valence-corrected chi connectivity index (χ4v) is 3.00. The summed E-state index contributed by atoms with van der Waals surface area (Å²) in [5.74, 6) is 1.67. The van der Waals surface area contributed by atoms with Gasteiger partial charge in [0.1, 0.15) is 23.5 Å². The van der Waals surface area contributed by atoms with Crippen LogP contribution in [0.15, 0.2) is 67.0 Å². The van der Waals surface area contributed by atoms with Crippen LogP contribution in [0.4, 0.5) is 5.82 Å². The predicted molar refractivity (Wildman–Crippen MR) is 105 cm³/mol. The second-order valence-electron chi connectivity index (χ2n) is 6.06. The Hall–Kier alpha value is -3.34. The number of fused-ring (bicyclic) bond motifs is 1. The highest BCUT2D eigenvalue weighted by molar-refractivity contribution is 5.91. The average Bonchev–Trinajstić information content (AvgIpc) is 3.14. The Balaban J connectivity index is 1.57. The molecule has 0 aliphatic carbocycles. The van der Waals surface area contributed by atoms with Gasteiger partial charge in [0.15, 0.2) is 0 Å². The summed E-state index contributed by atoms with van der Waals surface area (Å²) >= 11 is 0. The van der Waals surface area contributed by atoms with Crippen LogP contribution in [0.3, 0.4) is 0 Å². The van der Waals surface area contributed by atoms with Gasteiger partial charge in [-0.05, 0) is 30.2 Å². The van der Waals surface area contributed by atoms with Crippen LogP contribution in [0.1, 0.15) is 5.56 Å². The van der Waals surface area contributed by atoms with Crippen molar-refractivity contribution in [1.82, 2.24) is 15.0 Å². The van der Waals surface area contributed by atoms with Crippen molar-refractivity contribution in [2.75, 3.05) is 19.0 Å². The molecule has 2 aromatic carbocycles. The fraction of sp³-hybridized carbons (Fsp3) is 0.143. The van der Waals surface area contributed by atoms with Gasteiger partial charge in [0, 0.05) is 17.8 Å². The van der Waals surface area contributed by atoms with Crippen LogP contribution in [0, 0.1) is 0 Å². The fourth-order valence-electron chi connectivity index (χ4n) is 3.00. The van der Waals surface area contributed by atoms with Gasteiger partial charge in [0.2, 0.25) is 0 Å². The zero-order valence-electron chi connectivity index (χ0n) is 14.6. The molecule has 26 heavy (non-hydrogen) atoms. The SMILES string of the molecule is COc1cccc(-c2cc3c(NCCc4ccccc4)ncnc3[nH]2)c1. The van der Waals surface area contributed by atoms with E-state index in [0.717, 1.165) is 46.8 Å². The molecule has 4 rings (SSSR count). The van der Waals surface area contributed by atoms with Gasteiger partial charge in [-0.2, -0.15) is 0 Å². The number of aromatic amines is 1. The van der Waals surface area contributed by atoms with Crippen molar-refractivity contribution in [3.63, 3.8) is 0 Å². The van der Waals surface area contributed by atoms with E-state index in [9.17, 15) is 0 Å². The van der Waals surface area contributed by atoms with E-state index in [1.807, 2.05) is 30.3 Å². The summed E-state index contributed by atoms with van der Waals surface area (Å²) in [6, 6.07) is 20.5. The molecule has 0 bridgehead atoms. The van der Waals surface area contributed by atoms with E-state index in [2.05, 4.69) is 50.6 Å². The molecule has 0 unspecified atom stereocenters. The number of nitrogens with one attached hydrogen (secondary N) is 2. The summed E-state index contributed by atoms with van der Waals surface area (Å²) in [4.78, 5) is 12.1. The van der Waals surface area contributed by atoms with Crippen LogP contribution in [0.5, 0.6) is 5.75 Å². The van der Waals surface area contributed by atoms with E-state index in [-0.39, 0.29) is 0 Å². The first-order chi connectivity index (χ1) is 12.8. The zero-order valence-corrected chi connectivity index (χ0v) is 14.6. The van der Waals surface area contributed by atoms with Gasteiger partial charge in [-0.1, -0.05) is 42.5 Å². The minimum absolute atomic E-state index is 0.815. The van der Waals surface area contributed by atoms with Gasteiger partial charge in [-0.25, -0.2) is 9.97 Å². The third-order valence-corrected chi connectivity index (χ3v) is 4.36. The molecule has 0 saturated carbocycles. The summed E-state index contributed by atoms with van der Waals surface area (Å²) in [6.45, 7) is 0.815. The number of anilines is 1. The van der Waals surface area contributed by atoms with E-state index in [0.29, 0.717) is 0 Å². The van der Waals surface area contributed by atoms with Crippen LogP contribution in [-0.4, -0.2) is 28.6 Å². The number of nitrogens with zero attached hydrogens (tertiary/aromatic N) is 2. The lowest BCUT2D eigenvalue weighted by atomic mass is 10.1. The number of benzene rings is 2. The first kappa shape index (κ1) is 16.1. The van der Waals surface area contributed by atoms with Gasteiger partial charge in [0.05, 0.1) is 12.5 Å². The van der Waals surface area contributed by atoms with Crippen LogP contribution < -0.4 is 10.1 Å². The minimum atomic E-state index is 0.815. The molecule has 2 aromatic heterocycles. The van der Waals surface area contributed by atoms with Gasteiger partial charge >= 0.3 is 0 Å². The molecule has 0 fully saturated rings. The van der Waals surface area contributed by atoms with E-state index >= 15 is 0 Å². The lowest BCUT2D eigenvalue weighted by molar-refractivity contribution is 0.415. The standard InChI is InChI=1S/C21H20N4O/c1-26-17-9-5-8-16(12-17)19-13-18-20(23-14-24-21(18)25-19)22-11-10-15-6-3-2-4-7-15/h2-9,12-14H,10-11H2,1H3,(H2,22,23,24,25). The van der Waals surface area contributed by atoms with Crippen molar-refractivity contribution in [2.45, 2.75) is 6.42 Å². The smallest absolute Gasteiger partial charge is 0.143 e. The highest BCUT2D eigenvalue weighted by Gasteiger charge is 2.09. The second kappa shape index (κ2) is 7.27. The Morgan fingerprint density at radius 2 is 1.88 bits per heavy atom. The van der Waals surface area contributed by atoms with Crippen LogP contribution >= 0.6 is 0 Å². The molecule has 0 amide bonds. The normalized spacial score (nSPS) is 10.8. The summed E-state index contributed by atoms with van der Waals surface area (Å²) in [5, 5.41) is 4.41. The van der Waals surface area contributed by atoms with Gasteiger partial charge in [-0.3, -0.25) is 0 Å². The molecule has 0 atom stereocenters. The van der Waals surface area contributed by atoms with E-state index in [1.165, 1.54) is 5.56 Å². The van der Waals surface area contributed by atoms with Crippen molar-refractivity contribution < 1.29 is 4.74 Å². The highest BCUT2D eigenvalue weighted by atomic mass is 16.5. The summed E-state index contributed by atoms with van der Waals surface area (Å²) in [6.07, 6.45) is 2.53. The zero-order chi connectivity index (χ0) is 17.8. The molecule has 2 heterocycles. The number of aromatic nitrogens is 3. The Labute approximate surface area is 152 Å². The third kappa shape index (κ3) is 3.37. The third-order valence-electron chi connectivity index (χ3n) is 4.36. The molecule has 0 aliphatic heterocycles. The molecule has 0 spiro atoms. The van der Waals surface area contributed by atoms with E-state index in [1.54, 1.807) is 13.4 Å². The number of hydrogen-bond donors (Lipinski definition) is 2. The molecule has 5 nitrogen and oxygen atoms in total. The Bertz CT molecular complexity index is 1010. The van der Waals surface area contributed by atoms with Crippen LogP contribution in [0.2, 0.25) is 0 Å². The maximum absolute atomic E-state index is 5.32. The van der Waals surface area contributed by atoms with Crippen molar-refractivity contribution in [2.24, 2.45) is 0 Å². The number of hydrogen-bond acceptors (Lipinski definition) is 4. The first-order valence-electron chi connectivity index (χ1n) is 8.59. The second-order valence-corrected chi connectivity index (χ2v) is 6.06. The lowest BCUT2D eigenvalue weighted by Crippen LogP contribution is -2.06. The van der Waals surface area contributed by atoms with E-state index in [4.69, 9.17) is 4.74 Å². The van der Waals surface area contributed by atoms with Crippen molar-refractivity contribution in [1.29, 1.82) is 0 Å². The van der Waals surface area contributed by atoms with Crippen molar-refractivity contribution >= 4 is 16.9 Å². The molecule has 5 heteroatoms. The summed E-state index contributed by atoms with van der Waals surface area (Å²) in [5.41, 5.74) is 4.17. The number of ether oxygens (including phenoxy) is 1. The minimum Gasteiger partial charge on any atom is -0.497 e. The number of H-pyrrole nitrogens is 1. The Morgan fingerprint density at radius 3 is 2.73 bits per heavy atom. The molecule has 4 aromatic rings. The molecule has 130 valence electrons. The van der Waals surface area contributed by atoms with Gasteiger partial charge < -0.3 is 15.0 Å². The van der Waals surface area contributed by atoms with E-state index < -0.39 is 0 Å². The average molecular weight is 344 g/mol. The number of methoxy groups -OCH3 is 1. The predicted octanol–water partition coefficient (Wildman–Crippen LogP) is 4.29. The van der Waals surface area contributed by atoms with Gasteiger partial charge in [-0.15, -0.1) is 0 Å². The molecular formula is C21H20N4O.